The van der Waals surface area contributed by atoms with E-state index < -0.39 is 5.02 Å². The zero-order chi connectivity index (χ0) is 5.70. The molecule has 0 rings (SSSR count). The van der Waals surface area contributed by atoms with Crippen LogP contribution in [0.1, 0.15) is 0 Å². The minimum absolute atomic E-state index is 0.0457. The highest BCUT2D eigenvalue weighted by atomic mass is 35.5. The van der Waals surface area contributed by atoms with Crippen molar-refractivity contribution in [1.82, 2.24) is 0 Å². The maximum Gasteiger partial charge on any atom is 0.206 e. The highest BCUT2D eigenvalue weighted by Gasteiger charge is 1.93. The van der Waals surface area contributed by atoms with Crippen LogP contribution < -0.4 is 0 Å². The summed E-state index contributed by atoms with van der Waals surface area (Å²) in [7, 11) is 0. The second-order valence-electron chi connectivity index (χ2n) is 0.855. The number of rotatable bonds is 3. The van der Waals surface area contributed by atoms with E-state index in [4.69, 9.17) is 28.3 Å². The molecule has 4 heteroatoms. The normalized spacial score (nSPS) is 10.3. The van der Waals surface area contributed by atoms with E-state index in [9.17, 15) is 0 Å². The Balaban J connectivity index is 2.68. The van der Waals surface area contributed by atoms with Crippen LogP contribution in [0.5, 0.6) is 0 Å². The maximum atomic E-state index is 8.07. The summed E-state index contributed by atoms with van der Waals surface area (Å²) in [4.78, 5) is 0. The van der Waals surface area contributed by atoms with Crippen molar-refractivity contribution in [3.63, 3.8) is 0 Å². The van der Waals surface area contributed by atoms with Gasteiger partial charge in [0.05, 0.1) is 13.2 Å². The molecule has 0 saturated heterocycles. The summed E-state index contributed by atoms with van der Waals surface area (Å²) < 4.78 is 4.47. The van der Waals surface area contributed by atoms with E-state index in [2.05, 4.69) is 4.74 Å². The van der Waals surface area contributed by atoms with Gasteiger partial charge < -0.3 is 9.84 Å². The Kier molecular flexibility index (Phi) is 4.99. The van der Waals surface area contributed by atoms with Gasteiger partial charge >= 0.3 is 0 Å². The van der Waals surface area contributed by atoms with Gasteiger partial charge in [-0.2, -0.15) is 0 Å². The first kappa shape index (κ1) is 7.50. The van der Waals surface area contributed by atoms with Gasteiger partial charge in [-0.05, 0) is 0 Å². The SMILES string of the molecule is OCCOC(Cl)Cl. The topological polar surface area (TPSA) is 29.5 Å². The quantitative estimate of drug-likeness (QED) is 0.594. The molecule has 0 aromatic rings. The van der Waals surface area contributed by atoms with E-state index in [0.29, 0.717) is 0 Å². The van der Waals surface area contributed by atoms with Crippen LogP contribution in [-0.4, -0.2) is 23.3 Å². The third kappa shape index (κ3) is 6.50. The maximum absolute atomic E-state index is 8.07. The first-order chi connectivity index (χ1) is 3.27. The molecule has 1 N–H and O–H groups in total. The Morgan fingerprint density at radius 2 is 2.14 bits per heavy atom. The number of halogens is 2. The lowest BCUT2D eigenvalue weighted by molar-refractivity contribution is 0.106. The summed E-state index contributed by atoms with van der Waals surface area (Å²) in [6.45, 7) is 0.146. The minimum atomic E-state index is -0.813. The van der Waals surface area contributed by atoms with E-state index >= 15 is 0 Å². The van der Waals surface area contributed by atoms with Gasteiger partial charge in [-0.1, -0.05) is 23.2 Å². The second kappa shape index (κ2) is 4.65. The third-order valence-corrected chi connectivity index (χ3v) is 0.587. The Morgan fingerprint density at radius 1 is 1.57 bits per heavy atom. The van der Waals surface area contributed by atoms with E-state index in [1.165, 1.54) is 0 Å². The van der Waals surface area contributed by atoms with E-state index in [1.807, 2.05) is 0 Å². The highest BCUT2D eigenvalue weighted by Crippen LogP contribution is 2.01. The molecule has 0 aromatic carbocycles. The van der Waals surface area contributed by atoms with Crippen LogP contribution in [0.2, 0.25) is 0 Å². The van der Waals surface area contributed by atoms with Gasteiger partial charge in [-0.3, -0.25) is 0 Å². The molecule has 0 heterocycles. The number of aliphatic hydroxyl groups excluding tert-OH is 1. The number of hydrogen-bond acceptors (Lipinski definition) is 2. The van der Waals surface area contributed by atoms with Crippen molar-refractivity contribution < 1.29 is 9.84 Å². The standard InChI is InChI=1S/C3H6Cl2O2/c4-3(5)7-2-1-6/h3,6H,1-2H2. The van der Waals surface area contributed by atoms with Crippen LogP contribution in [-0.2, 0) is 4.74 Å². The first-order valence-electron chi connectivity index (χ1n) is 1.78. The summed E-state index contributed by atoms with van der Waals surface area (Å²) in [6, 6.07) is 0. The molecule has 7 heavy (non-hydrogen) atoms. The largest absolute Gasteiger partial charge is 0.394 e. The molecule has 0 radical (unpaired) electrons. The van der Waals surface area contributed by atoms with Gasteiger partial charge in [0.15, 0.2) is 0 Å². The molecular weight excluding hydrogens is 139 g/mol. The third-order valence-electron chi connectivity index (χ3n) is 0.335. The number of ether oxygens (including phenoxy) is 1. The monoisotopic (exact) mass is 144 g/mol. The van der Waals surface area contributed by atoms with Crippen molar-refractivity contribution in [2.24, 2.45) is 0 Å². The van der Waals surface area contributed by atoms with Crippen LogP contribution in [0.3, 0.4) is 0 Å². The molecule has 2 nitrogen and oxygen atoms in total. The molecular formula is C3H6Cl2O2. The van der Waals surface area contributed by atoms with Crippen molar-refractivity contribution in [3.8, 4) is 0 Å². The molecule has 0 amide bonds. The van der Waals surface area contributed by atoms with Crippen molar-refractivity contribution in [2.45, 2.75) is 5.02 Å². The van der Waals surface area contributed by atoms with Crippen LogP contribution in [0, 0.1) is 0 Å². The summed E-state index contributed by atoms with van der Waals surface area (Å²) in [5.74, 6) is 0. The second-order valence-corrected chi connectivity index (χ2v) is 1.87. The summed E-state index contributed by atoms with van der Waals surface area (Å²) >= 11 is 10.2. The summed E-state index contributed by atoms with van der Waals surface area (Å²) in [5, 5.41) is 7.26. The molecule has 44 valence electrons. The minimum Gasteiger partial charge on any atom is -0.394 e. The van der Waals surface area contributed by atoms with Crippen LogP contribution in [0.15, 0.2) is 0 Å². The van der Waals surface area contributed by atoms with Gasteiger partial charge in [-0.25, -0.2) is 0 Å². The lowest BCUT2D eigenvalue weighted by atomic mass is 10.8. The Bertz CT molecular complexity index is 39.9. The molecule has 0 aliphatic carbocycles. The zero-order valence-electron chi connectivity index (χ0n) is 3.60. The number of aliphatic hydroxyl groups is 1. The van der Waals surface area contributed by atoms with Crippen molar-refractivity contribution in [3.05, 3.63) is 0 Å². The Labute approximate surface area is 52.0 Å². The number of hydrogen-bond donors (Lipinski definition) is 1. The highest BCUT2D eigenvalue weighted by molar-refractivity contribution is 6.43. The first-order valence-corrected chi connectivity index (χ1v) is 2.65. The van der Waals surface area contributed by atoms with Crippen molar-refractivity contribution in [2.75, 3.05) is 13.2 Å². The van der Waals surface area contributed by atoms with Crippen LogP contribution in [0.4, 0.5) is 0 Å². The van der Waals surface area contributed by atoms with Gasteiger partial charge in [0, 0.05) is 0 Å². The fourth-order valence-corrected chi connectivity index (χ4v) is 0.320. The predicted molar refractivity (Wildman–Crippen MR) is 28.5 cm³/mol. The molecule has 0 aromatic heterocycles. The predicted octanol–water partition coefficient (Wildman–Crippen LogP) is 0.756. The van der Waals surface area contributed by atoms with E-state index in [1.54, 1.807) is 0 Å². The molecule has 0 fully saturated rings. The summed E-state index contributed by atoms with van der Waals surface area (Å²) in [6.07, 6.45) is 0. The van der Waals surface area contributed by atoms with Gasteiger partial charge in [0.25, 0.3) is 0 Å². The molecule has 0 aliphatic rings. The molecule has 0 bridgehead atoms. The molecule has 0 atom stereocenters. The van der Waals surface area contributed by atoms with Crippen LogP contribution in [0.25, 0.3) is 0 Å². The Morgan fingerprint density at radius 3 is 2.29 bits per heavy atom. The molecule has 0 saturated carbocycles. The van der Waals surface area contributed by atoms with E-state index in [0.717, 1.165) is 0 Å². The van der Waals surface area contributed by atoms with Crippen molar-refractivity contribution in [1.29, 1.82) is 0 Å². The average molecular weight is 145 g/mol. The zero-order valence-corrected chi connectivity index (χ0v) is 5.11. The molecule has 0 aliphatic heterocycles. The fraction of sp³-hybridized carbons (Fsp3) is 1.00. The van der Waals surface area contributed by atoms with Gasteiger partial charge in [-0.15, -0.1) is 0 Å². The molecule has 0 spiro atoms. The lowest BCUT2D eigenvalue weighted by Crippen LogP contribution is -2.01. The smallest absolute Gasteiger partial charge is 0.206 e. The molecule has 0 unspecified atom stereocenters. The lowest BCUT2D eigenvalue weighted by Gasteiger charge is -1.98. The fourth-order valence-electron chi connectivity index (χ4n) is 0.142. The van der Waals surface area contributed by atoms with Crippen molar-refractivity contribution >= 4 is 23.2 Å². The van der Waals surface area contributed by atoms with Gasteiger partial charge in [0.2, 0.25) is 5.02 Å². The average Bonchev–Trinajstić information content (AvgIpc) is 1.61. The van der Waals surface area contributed by atoms with Crippen LogP contribution >= 0.6 is 23.2 Å². The number of alkyl halides is 2. The Hall–Kier alpha value is 0.500. The van der Waals surface area contributed by atoms with E-state index in [-0.39, 0.29) is 13.2 Å². The van der Waals surface area contributed by atoms with Gasteiger partial charge in [0.1, 0.15) is 0 Å². The summed E-state index contributed by atoms with van der Waals surface area (Å²) in [5.41, 5.74) is 0.